The summed E-state index contributed by atoms with van der Waals surface area (Å²) in [5.74, 6) is -0.418. The fraction of sp³-hybridized carbons (Fsp3) is 0.0455. The second-order valence-electron chi connectivity index (χ2n) is 6.27. The number of hydrogen-bond acceptors (Lipinski definition) is 3. The number of urea groups is 1. The first-order valence-electron chi connectivity index (χ1n) is 8.77. The number of nitrogens with one attached hydrogen (secondary N) is 1. The maximum absolute atomic E-state index is 13.1. The highest BCUT2D eigenvalue weighted by Crippen LogP contribution is 2.25. The average molecular weight is 410 g/mol. The van der Waals surface area contributed by atoms with Gasteiger partial charge in [-0.2, -0.15) is 0 Å². The third kappa shape index (κ3) is 5.30. The standard InChI is InChI=1S/C22H19FN2O3S/c1-17(18-12-14-19(23)15-13-18)16-29(27,28)24-22(26)25(20-8-4-2-5-9-20)21-10-6-3-7-11-21/h2-16H,1H3,(H,24,26). The van der Waals surface area contributed by atoms with Crippen LogP contribution >= 0.6 is 0 Å². The van der Waals surface area contributed by atoms with Crippen LogP contribution in [0.3, 0.4) is 0 Å². The smallest absolute Gasteiger partial charge is 0.262 e. The van der Waals surface area contributed by atoms with Gasteiger partial charge in [0, 0.05) is 0 Å². The molecule has 0 saturated carbocycles. The van der Waals surface area contributed by atoms with Crippen LogP contribution in [0.2, 0.25) is 0 Å². The van der Waals surface area contributed by atoms with Crippen LogP contribution in [0, 0.1) is 5.82 Å². The zero-order valence-corrected chi connectivity index (χ0v) is 16.4. The van der Waals surface area contributed by atoms with Crippen molar-refractivity contribution in [1.29, 1.82) is 0 Å². The van der Waals surface area contributed by atoms with Crippen molar-refractivity contribution >= 4 is 33.0 Å². The third-order valence-corrected chi connectivity index (χ3v) is 5.22. The second kappa shape index (κ2) is 8.70. The number of rotatable bonds is 5. The Morgan fingerprint density at radius 2 is 1.34 bits per heavy atom. The molecule has 0 saturated heterocycles. The van der Waals surface area contributed by atoms with Crippen molar-refractivity contribution in [2.75, 3.05) is 4.90 Å². The quantitative estimate of drug-likeness (QED) is 0.639. The van der Waals surface area contributed by atoms with Gasteiger partial charge >= 0.3 is 6.03 Å². The Bertz CT molecular complexity index is 1070. The first-order valence-corrected chi connectivity index (χ1v) is 10.3. The average Bonchev–Trinajstić information content (AvgIpc) is 2.69. The van der Waals surface area contributed by atoms with E-state index < -0.39 is 21.9 Å². The first kappa shape index (κ1) is 20.3. The van der Waals surface area contributed by atoms with Crippen LogP contribution in [-0.2, 0) is 10.0 Å². The number of allylic oxidation sites excluding steroid dienone is 1. The molecule has 0 aliphatic carbocycles. The Labute approximate surface area is 169 Å². The summed E-state index contributed by atoms with van der Waals surface area (Å²) in [6, 6.07) is 22.1. The normalized spacial score (nSPS) is 11.7. The summed E-state index contributed by atoms with van der Waals surface area (Å²) in [6.45, 7) is 1.57. The molecule has 0 unspecified atom stereocenters. The van der Waals surface area contributed by atoms with E-state index in [-0.39, 0.29) is 0 Å². The van der Waals surface area contributed by atoms with Gasteiger partial charge in [0.15, 0.2) is 0 Å². The van der Waals surface area contributed by atoms with Gasteiger partial charge in [-0.05, 0) is 54.5 Å². The zero-order chi connectivity index (χ0) is 20.9. The number of nitrogens with zero attached hydrogens (tertiary/aromatic N) is 1. The van der Waals surface area contributed by atoms with E-state index in [9.17, 15) is 17.6 Å². The number of amides is 2. The molecular formula is C22H19FN2O3S. The zero-order valence-electron chi connectivity index (χ0n) is 15.6. The number of halogens is 1. The van der Waals surface area contributed by atoms with Crippen LogP contribution in [0.1, 0.15) is 12.5 Å². The Hall–Kier alpha value is -3.45. The van der Waals surface area contributed by atoms with Crippen LogP contribution < -0.4 is 9.62 Å². The van der Waals surface area contributed by atoms with Gasteiger partial charge < -0.3 is 0 Å². The van der Waals surface area contributed by atoms with Crippen molar-refractivity contribution in [3.8, 4) is 0 Å². The van der Waals surface area contributed by atoms with Gasteiger partial charge in [-0.15, -0.1) is 0 Å². The van der Waals surface area contributed by atoms with Gasteiger partial charge in [-0.25, -0.2) is 22.3 Å². The number of benzene rings is 3. The minimum Gasteiger partial charge on any atom is -0.262 e. The van der Waals surface area contributed by atoms with E-state index >= 15 is 0 Å². The van der Waals surface area contributed by atoms with Crippen molar-refractivity contribution in [2.24, 2.45) is 0 Å². The molecule has 0 aliphatic rings. The molecule has 3 aromatic carbocycles. The highest BCUT2D eigenvalue weighted by molar-refractivity contribution is 7.93. The minimum atomic E-state index is -4.10. The fourth-order valence-corrected chi connectivity index (χ4v) is 3.74. The summed E-state index contributed by atoms with van der Waals surface area (Å²) in [6.07, 6.45) is 0. The summed E-state index contributed by atoms with van der Waals surface area (Å²) in [5, 5.41) is 0.951. The second-order valence-corrected chi connectivity index (χ2v) is 7.80. The molecule has 5 nitrogen and oxygen atoms in total. The van der Waals surface area contributed by atoms with Gasteiger partial charge in [0.1, 0.15) is 5.82 Å². The lowest BCUT2D eigenvalue weighted by molar-refractivity contribution is 0.253. The van der Waals surface area contributed by atoms with E-state index in [1.165, 1.54) is 29.2 Å². The Morgan fingerprint density at radius 1 is 0.862 bits per heavy atom. The number of anilines is 2. The molecule has 0 radical (unpaired) electrons. The van der Waals surface area contributed by atoms with Crippen molar-refractivity contribution in [3.63, 3.8) is 0 Å². The van der Waals surface area contributed by atoms with Crippen molar-refractivity contribution in [1.82, 2.24) is 4.72 Å². The summed E-state index contributed by atoms with van der Waals surface area (Å²) in [5.41, 5.74) is 1.94. The Kier molecular flexibility index (Phi) is 6.09. The number of carbonyl (C=O) groups is 1. The lowest BCUT2D eigenvalue weighted by Crippen LogP contribution is -2.39. The first-order chi connectivity index (χ1) is 13.9. The molecule has 148 valence electrons. The molecule has 0 heterocycles. The van der Waals surface area contributed by atoms with Crippen molar-refractivity contribution in [3.05, 3.63) is 102 Å². The third-order valence-electron chi connectivity index (χ3n) is 4.09. The molecule has 0 bridgehead atoms. The topological polar surface area (TPSA) is 66.5 Å². The summed E-state index contributed by atoms with van der Waals surface area (Å²) >= 11 is 0. The number of para-hydroxylation sites is 2. The van der Waals surface area contributed by atoms with E-state index in [0.717, 1.165) is 5.41 Å². The van der Waals surface area contributed by atoms with Crippen LogP contribution in [0.5, 0.6) is 0 Å². The van der Waals surface area contributed by atoms with E-state index in [4.69, 9.17) is 0 Å². The molecule has 1 N–H and O–H groups in total. The van der Waals surface area contributed by atoms with E-state index in [1.807, 2.05) is 0 Å². The van der Waals surface area contributed by atoms with E-state index in [0.29, 0.717) is 22.5 Å². The van der Waals surface area contributed by atoms with Crippen LogP contribution in [-0.4, -0.2) is 14.4 Å². The summed E-state index contributed by atoms with van der Waals surface area (Å²) in [4.78, 5) is 14.2. The maximum Gasteiger partial charge on any atom is 0.340 e. The molecule has 29 heavy (non-hydrogen) atoms. The molecule has 3 rings (SSSR count). The predicted molar refractivity (Wildman–Crippen MR) is 113 cm³/mol. The Balaban J connectivity index is 1.89. The number of hydrogen-bond donors (Lipinski definition) is 1. The highest BCUT2D eigenvalue weighted by Gasteiger charge is 2.22. The van der Waals surface area contributed by atoms with Gasteiger partial charge in [0.2, 0.25) is 0 Å². The van der Waals surface area contributed by atoms with Gasteiger partial charge in [0.05, 0.1) is 16.8 Å². The minimum absolute atomic E-state index is 0.372. The van der Waals surface area contributed by atoms with E-state index in [2.05, 4.69) is 4.72 Å². The van der Waals surface area contributed by atoms with Gasteiger partial charge in [0.25, 0.3) is 10.0 Å². The van der Waals surface area contributed by atoms with Crippen molar-refractivity contribution in [2.45, 2.75) is 6.92 Å². The fourth-order valence-electron chi connectivity index (χ4n) is 2.75. The number of carbonyl (C=O) groups excluding carboxylic acids is 1. The molecule has 0 spiro atoms. The molecule has 0 atom stereocenters. The lowest BCUT2D eigenvalue weighted by Gasteiger charge is -2.23. The molecule has 0 fully saturated rings. The SMILES string of the molecule is CC(=CS(=O)(=O)NC(=O)N(c1ccccc1)c1ccccc1)c1ccc(F)cc1. The van der Waals surface area contributed by atoms with Crippen molar-refractivity contribution < 1.29 is 17.6 Å². The van der Waals surface area contributed by atoms with Gasteiger partial charge in [-0.3, -0.25) is 4.90 Å². The molecule has 2 amide bonds. The molecule has 7 heteroatoms. The summed E-state index contributed by atoms with van der Waals surface area (Å²) < 4.78 is 40.2. The molecule has 0 aliphatic heterocycles. The maximum atomic E-state index is 13.1. The predicted octanol–water partition coefficient (Wildman–Crippen LogP) is 5.06. The van der Waals surface area contributed by atoms with Crippen LogP contribution in [0.25, 0.3) is 5.57 Å². The highest BCUT2D eigenvalue weighted by atomic mass is 32.2. The Morgan fingerprint density at radius 3 is 1.83 bits per heavy atom. The molecule has 3 aromatic rings. The number of sulfonamides is 1. The van der Waals surface area contributed by atoms with E-state index in [1.54, 1.807) is 67.6 Å². The largest absolute Gasteiger partial charge is 0.340 e. The lowest BCUT2D eigenvalue weighted by atomic mass is 10.1. The van der Waals surface area contributed by atoms with Crippen LogP contribution in [0.4, 0.5) is 20.6 Å². The molecular weight excluding hydrogens is 391 g/mol. The summed E-state index contributed by atoms with van der Waals surface area (Å²) in [7, 11) is -4.10. The van der Waals surface area contributed by atoms with Gasteiger partial charge in [-0.1, -0.05) is 48.5 Å². The van der Waals surface area contributed by atoms with Crippen LogP contribution in [0.15, 0.2) is 90.3 Å². The monoisotopic (exact) mass is 410 g/mol. The molecule has 0 aromatic heterocycles.